The maximum absolute atomic E-state index is 12.3. The van der Waals surface area contributed by atoms with E-state index in [1.165, 1.54) is 0 Å². The molecule has 0 radical (unpaired) electrons. The number of hydrogen-bond donors (Lipinski definition) is 1. The van der Waals surface area contributed by atoms with Crippen LogP contribution in [0.15, 0.2) is 22.7 Å². The van der Waals surface area contributed by atoms with E-state index in [1.807, 2.05) is 39.0 Å². The van der Waals surface area contributed by atoms with Crippen LogP contribution in [0.25, 0.3) is 0 Å². The summed E-state index contributed by atoms with van der Waals surface area (Å²) in [6.07, 6.45) is 0.634. The number of hydrogen-bond acceptors (Lipinski definition) is 3. The summed E-state index contributed by atoms with van der Waals surface area (Å²) in [5, 5.41) is 4.27. The maximum atomic E-state index is 12.3. The number of nitrogens with one attached hydrogen (secondary N) is 1. The molecule has 1 heterocycles. The van der Waals surface area contributed by atoms with Crippen molar-refractivity contribution >= 4 is 39.3 Å². The minimum atomic E-state index is -0.466. The number of carbonyl (C=O) groups excluding carboxylic acids is 1. The Morgan fingerprint density at radius 3 is 2.62 bits per heavy atom. The van der Waals surface area contributed by atoms with Crippen LogP contribution in [0.1, 0.15) is 41.0 Å². The third-order valence-corrected chi connectivity index (χ3v) is 5.36. The van der Waals surface area contributed by atoms with Gasteiger partial charge in [0.1, 0.15) is 5.60 Å². The molecule has 24 heavy (non-hydrogen) atoms. The van der Waals surface area contributed by atoms with Crippen LogP contribution in [0, 0.1) is 5.41 Å². The van der Waals surface area contributed by atoms with Crippen molar-refractivity contribution in [1.29, 1.82) is 0 Å². The van der Waals surface area contributed by atoms with Gasteiger partial charge in [-0.1, -0.05) is 25.4 Å². The lowest BCUT2D eigenvalue weighted by Crippen LogP contribution is -2.54. The second-order valence-corrected chi connectivity index (χ2v) is 9.27. The van der Waals surface area contributed by atoms with E-state index in [9.17, 15) is 4.79 Å². The number of carbonyl (C=O) groups is 1. The number of anilines is 1. The number of rotatable bonds is 2. The van der Waals surface area contributed by atoms with Crippen LogP contribution in [0.5, 0.6) is 0 Å². The monoisotopic (exact) mass is 416 g/mol. The van der Waals surface area contributed by atoms with Crippen LogP contribution in [-0.2, 0) is 4.74 Å². The molecule has 6 heteroatoms. The summed E-state index contributed by atoms with van der Waals surface area (Å²) in [5.41, 5.74) is 0.489. The standard InChI is InChI=1S/C18H26BrClN2O2/c1-17(2,3)24-16(23)22-9-8-15(18(4,5)11-22)21-12-6-7-14(20)13(19)10-12/h6-7,10,15,21H,8-9,11H2,1-5H3. The Bertz CT molecular complexity index is 614. The summed E-state index contributed by atoms with van der Waals surface area (Å²) < 4.78 is 6.37. The average molecular weight is 418 g/mol. The van der Waals surface area contributed by atoms with E-state index < -0.39 is 5.60 Å². The number of piperidine rings is 1. The van der Waals surface area contributed by atoms with E-state index >= 15 is 0 Å². The zero-order valence-electron chi connectivity index (χ0n) is 15.0. The minimum absolute atomic E-state index is 0.0682. The Balaban J connectivity index is 2.03. The fourth-order valence-corrected chi connectivity index (χ4v) is 3.39. The molecule has 1 fully saturated rings. The molecular weight excluding hydrogens is 392 g/mol. The van der Waals surface area contributed by atoms with Gasteiger partial charge in [-0.05, 0) is 61.3 Å². The van der Waals surface area contributed by atoms with Crippen molar-refractivity contribution in [3.63, 3.8) is 0 Å². The molecule has 0 aromatic heterocycles. The van der Waals surface area contributed by atoms with E-state index in [4.69, 9.17) is 16.3 Å². The first-order valence-electron chi connectivity index (χ1n) is 8.17. The van der Waals surface area contributed by atoms with Crippen molar-refractivity contribution in [2.45, 2.75) is 52.7 Å². The summed E-state index contributed by atoms with van der Waals surface area (Å²) in [5.74, 6) is 0. The zero-order valence-corrected chi connectivity index (χ0v) is 17.3. The van der Waals surface area contributed by atoms with E-state index in [2.05, 4.69) is 35.1 Å². The normalized spacial score (nSPS) is 20.6. The Hall–Kier alpha value is -0.940. The summed E-state index contributed by atoms with van der Waals surface area (Å²) in [4.78, 5) is 14.1. The smallest absolute Gasteiger partial charge is 0.410 e. The first-order chi connectivity index (χ1) is 11.0. The van der Waals surface area contributed by atoms with Crippen LogP contribution in [0.4, 0.5) is 10.5 Å². The predicted octanol–water partition coefficient (Wildman–Crippen LogP) is 5.55. The Kier molecular flexibility index (Phi) is 5.75. The molecule has 2 rings (SSSR count). The fraction of sp³-hybridized carbons (Fsp3) is 0.611. The number of amides is 1. The quantitative estimate of drug-likeness (QED) is 0.686. The molecule has 1 atom stereocenters. The number of halogens is 2. The third-order valence-electron chi connectivity index (χ3n) is 4.14. The second-order valence-electron chi connectivity index (χ2n) is 8.00. The molecule has 1 aromatic carbocycles. The van der Waals surface area contributed by atoms with Crippen molar-refractivity contribution < 1.29 is 9.53 Å². The van der Waals surface area contributed by atoms with Crippen molar-refractivity contribution in [3.8, 4) is 0 Å². The Labute approximate surface area is 158 Å². The molecule has 134 valence electrons. The number of nitrogens with zero attached hydrogens (tertiary/aromatic N) is 1. The zero-order chi connectivity index (χ0) is 18.1. The molecule has 1 aliphatic rings. The van der Waals surface area contributed by atoms with Crippen molar-refractivity contribution in [1.82, 2.24) is 4.90 Å². The summed E-state index contributed by atoms with van der Waals surface area (Å²) >= 11 is 9.51. The van der Waals surface area contributed by atoms with E-state index in [-0.39, 0.29) is 17.6 Å². The van der Waals surface area contributed by atoms with E-state index in [0.717, 1.165) is 16.6 Å². The maximum Gasteiger partial charge on any atom is 0.410 e. The molecule has 0 aliphatic carbocycles. The van der Waals surface area contributed by atoms with E-state index in [1.54, 1.807) is 4.90 Å². The molecule has 0 spiro atoms. The second kappa shape index (κ2) is 7.12. The highest BCUT2D eigenvalue weighted by Gasteiger charge is 2.38. The van der Waals surface area contributed by atoms with Crippen LogP contribution in [0.3, 0.4) is 0 Å². The number of ether oxygens (including phenoxy) is 1. The molecule has 1 saturated heterocycles. The molecule has 1 unspecified atom stereocenters. The largest absolute Gasteiger partial charge is 0.444 e. The average Bonchev–Trinajstić information content (AvgIpc) is 2.42. The Morgan fingerprint density at radius 2 is 2.08 bits per heavy atom. The Morgan fingerprint density at radius 1 is 1.42 bits per heavy atom. The number of likely N-dealkylation sites (tertiary alicyclic amines) is 1. The highest BCUT2D eigenvalue weighted by atomic mass is 79.9. The number of benzene rings is 1. The topological polar surface area (TPSA) is 41.6 Å². The van der Waals surface area contributed by atoms with Crippen LogP contribution >= 0.6 is 27.5 Å². The highest BCUT2D eigenvalue weighted by Crippen LogP contribution is 2.34. The van der Waals surface area contributed by atoms with Crippen LogP contribution < -0.4 is 5.32 Å². The molecule has 0 bridgehead atoms. The lowest BCUT2D eigenvalue weighted by Gasteiger charge is -2.45. The first kappa shape index (κ1) is 19.4. The van der Waals surface area contributed by atoms with Gasteiger partial charge in [-0.3, -0.25) is 0 Å². The SMILES string of the molecule is CC(C)(C)OC(=O)N1CCC(Nc2ccc(Cl)c(Br)c2)C(C)(C)C1. The third kappa shape index (κ3) is 5.03. The molecule has 1 N–H and O–H groups in total. The van der Waals surface area contributed by atoms with Gasteiger partial charge in [0.05, 0.1) is 5.02 Å². The predicted molar refractivity (Wildman–Crippen MR) is 103 cm³/mol. The summed E-state index contributed by atoms with van der Waals surface area (Å²) in [6, 6.07) is 6.10. The van der Waals surface area contributed by atoms with Gasteiger partial charge in [0.15, 0.2) is 0 Å². The van der Waals surface area contributed by atoms with Gasteiger partial charge in [-0.15, -0.1) is 0 Å². The van der Waals surface area contributed by atoms with Gasteiger partial charge < -0.3 is 15.0 Å². The van der Waals surface area contributed by atoms with Crippen molar-refractivity contribution in [2.24, 2.45) is 5.41 Å². The fourth-order valence-electron chi connectivity index (χ4n) is 2.89. The van der Waals surface area contributed by atoms with Crippen molar-refractivity contribution in [2.75, 3.05) is 18.4 Å². The molecule has 1 aromatic rings. The van der Waals surface area contributed by atoms with Crippen molar-refractivity contribution in [3.05, 3.63) is 27.7 Å². The molecule has 4 nitrogen and oxygen atoms in total. The summed E-state index contributed by atoms with van der Waals surface area (Å²) in [6.45, 7) is 11.4. The molecule has 1 aliphatic heterocycles. The molecular formula is C18H26BrClN2O2. The van der Waals surface area contributed by atoms with E-state index in [0.29, 0.717) is 18.1 Å². The lowest BCUT2D eigenvalue weighted by atomic mass is 9.79. The van der Waals surface area contributed by atoms with Gasteiger partial charge in [-0.25, -0.2) is 4.79 Å². The van der Waals surface area contributed by atoms with Crippen LogP contribution in [-0.4, -0.2) is 35.7 Å². The van der Waals surface area contributed by atoms with Gasteiger partial charge in [0, 0.05) is 34.7 Å². The minimum Gasteiger partial charge on any atom is -0.444 e. The van der Waals surface area contributed by atoms with Gasteiger partial charge in [-0.2, -0.15) is 0 Å². The first-order valence-corrected chi connectivity index (χ1v) is 9.34. The highest BCUT2D eigenvalue weighted by molar-refractivity contribution is 9.10. The van der Waals surface area contributed by atoms with Crippen LogP contribution in [0.2, 0.25) is 5.02 Å². The van der Waals surface area contributed by atoms with Gasteiger partial charge in [0.25, 0.3) is 0 Å². The summed E-state index contributed by atoms with van der Waals surface area (Å²) in [7, 11) is 0. The molecule has 1 amide bonds. The van der Waals surface area contributed by atoms with Gasteiger partial charge >= 0.3 is 6.09 Å². The lowest BCUT2D eigenvalue weighted by molar-refractivity contribution is 0.00691. The van der Waals surface area contributed by atoms with Gasteiger partial charge in [0.2, 0.25) is 0 Å². The molecule has 0 saturated carbocycles.